The van der Waals surface area contributed by atoms with Gasteiger partial charge in [-0.05, 0) is 31.0 Å². The van der Waals surface area contributed by atoms with Crippen LogP contribution in [-0.2, 0) is 11.2 Å². The molecule has 0 saturated heterocycles. The third-order valence-corrected chi connectivity index (χ3v) is 5.53. The summed E-state index contributed by atoms with van der Waals surface area (Å²) in [4.78, 5) is 16.8. The maximum atomic E-state index is 12.3. The molecule has 0 unspecified atom stereocenters. The number of benzene rings is 2. The van der Waals surface area contributed by atoms with Crippen LogP contribution in [0.5, 0.6) is 0 Å². The van der Waals surface area contributed by atoms with E-state index < -0.39 is 0 Å². The number of aromatic nitrogens is 3. The average molecular weight is 407 g/mol. The maximum Gasteiger partial charge on any atom is 0.231 e. The lowest BCUT2D eigenvalue weighted by Crippen LogP contribution is -2.27. The Morgan fingerprint density at radius 3 is 2.76 bits per heavy atom. The summed E-state index contributed by atoms with van der Waals surface area (Å²) in [5, 5.41) is 11.7. The number of aromatic amines is 1. The first-order valence-electron chi connectivity index (χ1n) is 9.54. The summed E-state index contributed by atoms with van der Waals surface area (Å²) in [5.74, 6) is 1.57. The monoisotopic (exact) mass is 406 g/mol. The fourth-order valence-electron chi connectivity index (χ4n) is 3.04. The van der Waals surface area contributed by atoms with E-state index in [1.807, 2.05) is 49.4 Å². The van der Waals surface area contributed by atoms with Gasteiger partial charge in [-0.25, -0.2) is 4.98 Å². The fraction of sp³-hybridized carbons (Fsp3) is 0.227. The van der Waals surface area contributed by atoms with Crippen molar-refractivity contribution in [3.63, 3.8) is 0 Å². The number of furan rings is 1. The summed E-state index contributed by atoms with van der Waals surface area (Å²) in [6.45, 7) is 4.03. The normalized spacial score (nSPS) is 12.2. The van der Waals surface area contributed by atoms with Gasteiger partial charge < -0.3 is 9.73 Å². The van der Waals surface area contributed by atoms with Crippen LogP contribution in [0.1, 0.15) is 31.2 Å². The molecule has 7 heteroatoms. The van der Waals surface area contributed by atoms with Gasteiger partial charge in [0.25, 0.3) is 0 Å². The van der Waals surface area contributed by atoms with Gasteiger partial charge in [0.2, 0.25) is 11.1 Å². The van der Waals surface area contributed by atoms with Crippen LogP contribution in [0, 0.1) is 0 Å². The Balaban J connectivity index is 1.32. The number of thioether (sulfide) groups is 1. The number of nitrogens with one attached hydrogen (secondary N) is 2. The standard InChI is InChI=1S/C22H22N4O2S/c1-3-15-8-10-16(11-9-15)21-24-22(26-25-21)29-13-20(27)23-14(2)19-12-17-6-4-5-7-18(17)28-19/h4-12,14H,3,13H2,1-2H3,(H,23,27)(H,24,25,26)/t14-/m1/s1. The zero-order valence-corrected chi connectivity index (χ0v) is 17.1. The predicted octanol–water partition coefficient (Wildman–Crippen LogP) is 4.75. The summed E-state index contributed by atoms with van der Waals surface area (Å²) in [6, 6.07) is 17.8. The number of carbonyl (C=O) groups is 1. The van der Waals surface area contributed by atoms with Crippen LogP contribution >= 0.6 is 11.8 Å². The fourth-order valence-corrected chi connectivity index (χ4v) is 3.65. The predicted molar refractivity (Wildman–Crippen MR) is 115 cm³/mol. The van der Waals surface area contributed by atoms with E-state index >= 15 is 0 Å². The number of amides is 1. The summed E-state index contributed by atoms with van der Waals surface area (Å²) in [5.41, 5.74) is 3.07. The topological polar surface area (TPSA) is 83.8 Å². The Morgan fingerprint density at radius 1 is 1.21 bits per heavy atom. The zero-order valence-electron chi connectivity index (χ0n) is 16.3. The first kappa shape index (κ1) is 19.3. The van der Waals surface area contributed by atoms with Crippen molar-refractivity contribution in [3.8, 4) is 11.4 Å². The van der Waals surface area contributed by atoms with Gasteiger partial charge >= 0.3 is 0 Å². The number of carbonyl (C=O) groups excluding carboxylic acids is 1. The van der Waals surface area contributed by atoms with Crippen LogP contribution in [0.25, 0.3) is 22.4 Å². The van der Waals surface area contributed by atoms with Gasteiger partial charge in [0.05, 0.1) is 11.8 Å². The number of rotatable bonds is 7. The Labute approximate surface area is 173 Å². The van der Waals surface area contributed by atoms with Crippen LogP contribution in [0.15, 0.2) is 64.2 Å². The Kier molecular flexibility index (Phi) is 5.67. The second-order valence-corrected chi connectivity index (χ2v) is 7.72. The summed E-state index contributed by atoms with van der Waals surface area (Å²) in [6.07, 6.45) is 0.999. The molecule has 2 heterocycles. The SMILES string of the molecule is CCc1ccc(-c2nc(SCC(=O)N[C@H](C)c3cc4ccccc4o3)n[nH]2)cc1. The number of para-hydroxylation sites is 1. The Bertz CT molecular complexity index is 1080. The number of aryl methyl sites for hydroxylation is 1. The van der Waals surface area contributed by atoms with Gasteiger partial charge in [-0.15, -0.1) is 5.10 Å². The highest BCUT2D eigenvalue weighted by molar-refractivity contribution is 7.99. The minimum atomic E-state index is -0.213. The molecule has 2 aromatic carbocycles. The lowest BCUT2D eigenvalue weighted by Gasteiger charge is -2.10. The number of hydrogen-bond donors (Lipinski definition) is 2. The molecule has 148 valence electrons. The molecule has 2 N–H and O–H groups in total. The van der Waals surface area contributed by atoms with Crippen molar-refractivity contribution in [2.45, 2.75) is 31.5 Å². The molecular formula is C22H22N4O2S. The molecule has 0 bridgehead atoms. The quantitative estimate of drug-likeness (QED) is 0.433. The summed E-state index contributed by atoms with van der Waals surface area (Å²) >= 11 is 1.30. The molecular weight excluding hydrogens is 384 g/mol. The van der Waals surface area contributed by atoms with Crippen molar-refractivity contribution in [3.05, 3.63) is 65.9 Å². The van der Waals surface area contributed by atoms with Gasteiger partial charge in [0, 0.05) is 10.9 Å². The highest BCUT2D eigenvalue weighted by atomic mass is 32.2. The second-order valence-electron chi connectivity index (χ2n) is 6.78. The molecule has 29 heavy (non-hydrogen) atoms. The molecule has 1 amide bonds. The van der Waals surface area contributed by atoms with Crippen molar-refractivity contribution in [1.29, 1.82) is 0 Å². The third-order valence-electron chi connectivity index (χ3n) is 4.68. The van der Waals surface area contributed by atoms with E-state index in [2.05, 4.69) is 39.6 Å². The first-order chi connectivity index (χ1) is 14.1. The van der Waals surface area contributed by atoms with Crippen LogP contribution in [-0.4, -0.2) is 26.8 Å². The van der Waals surface area contributed by atoms with Gasteiger partial charge in [-0.1, -0.05) is 61.2 Å². The molecule has 6 nitrogen and oxygen atoms in total. The highest BCUT2D eigenvalue weighted by Crippen LogP contribution is 2.24. The Morgan fingerprint density at radius 2 is 2.00 bits per heavy atom. The summed E-state index contributed by atoms with van der Waals surface area (Å²) in [7, 11) is 0. The van der Waals surface area contributed by atoms with E-state index in [4.69, 9.17) is 4.42 Å². The van der Waals surface area contributed by atoms with Crippen LogP contribution in [0.4, 0.5) is 0 Å². The molecule has 1 atom stereocenters. The zero-order chi connectivity index (χ0) is 20.2. The minimum absolute atomic E-state index is 0.0957. The van der Waals surface area contributed by atoms with Crippen molar-refractivity contribution in [2.75, 3.05) is 5.75 Å². The molecule has 0 radical (unpaired) electrons. The van der Waals surface area contributed by atoms with E-state index in [1.165, 1.54) is 17.3 Å². The van der Waals surface area contributed by atoms with Crippen LogP contribution in [0.2, 0.25) is 0 Å². The molecule has 2 aromatic heterocycles. The lowest BCUT2D eigenvalue weighted by molar-refractivity contribution is -0.119. The first-order valence-corrected chi connectivity index (χ1v) is 10.5. The van der Waals surface area contributed by atoms with Gasteiger partial charge in [0.15, 0.2) is 5.82 Å². The number of H-pyrrole nitrogens is 1. The molecule has 0 saturated carbocycles. The maximum absolute atomic E-state index is 12.3. The smallest absolute Gasteiger partial charge is 0.231 e. The highest BCUT2D eigenvalue weighted by Gasteiger charge is 2.15. The van der Waals surface area contributed by atoms with E-state index in [0.29, 0.717) is 11.0 Å². The van der Waals surface area contributed by atoms with E-state index in [0.717, 1.165) is 28.7 Å². The second kappa shape index (κ2) is 8.53. The number of hydrogen-bond acceptors (Lipinski definition) is 5. The van der Waals surface area contributed by atoms with Crippen molar-refractivity contribution < 1.29 is 9.21 Å². The molecule has 0 aliphatic heterocycles. The lowest BCUT2D eigenvalue weighted by atomic mass is 10.1. The Hall–Kier alpha value is -3.06. The minimum Gasteiger partial charge on any atom is -0.459 e. The molecule has 0 fully saturated rings. The summed E-state index contributed by atoms with van der Waals surface area (Å²) < 4.78 is 5.81. The van der Waals surface area contributed by atoms with Gasteiger partial charge in [0.1, 0.15) is 11.3 Å². The van der Waals surface area contributed by atoms with Crippen LogP contribution < -0.4 is 5.32 Å². The molecule has 0 spiro atoms. The van der Waals surface area contributed by atoms with Crippen molar-refractivity contribution in [1.82, 2.24) is 20.5 Å². The molecule has 4 rings (SSSR count). The van der Waals surface area contributed by atoms with Crippen LogP contribution in [0.3, 0.4) is 0 Å². The van der Waals surface area contributed by atoms with E-state index in [1.54, 1.807) is 0 Å². The largest absolute Gasteiger partial charge is 0.459 e. The van der Waals surface area contributed by atoms with E-state index in [9.17, 15) is 4.79 Å². The molecule has 4 aromatic rings. The van der Waals surface area contributed by atoms with Crippen molar-refractivity contribution in [2.24, 2.45) is 0 Å². The van der Waals surface area contributed by atoms with E-state index in [-0.39, 0.29) is 17.7 Å². The molecule has 0 aliphatic rings. The van der Waals surface area contributed by atoms with Gasteiger partial charge in [-0.2, -0.15) is 0 Å². The number of nitrogens with zero attached hydrogens (tertiary/aromatic N) is 2. The van der Waals surface area contributed by atoms with Gasteiger partial charge in [-0.3, -0.25) is 9.89 Å². The third kappa shape index (κ3) is 4.51. The average Bonchev–Trinajstić information content (AvgIpc) is 3.39. The molecule has 0 aliphatic carbocycles. The number of fused-ring (bicyclic) bond motifs is 1. The van der Waals surface area contributed by atoms with Crippen molar-refractivity contribution >= 4 is 28.6 Å².